The van der Waals surface area contributed by atoms with Crippen LogP contribution in [0.4, 0.5) is 4.79 Å². The number of nitrogens with one attached hydrogen (secondary N) is 1. The lowest BCUT2D eigenvalue weighted by molar-refractivity contribution is 0.00699. The molecular formula is C23H30N4O2. The van der Waals surface area contributed by atoms with E-state index < -0.39 is 0 Å². The van der Waals surface area contributed by atoms with Crippen LogP contribution in [0.1, 0.15) is 25.3 Å². The number of benzene rings is 1. The molecule has 1 aromatic carbocycles. The predicted octanol–water partition coefficient (Wildman–Crippen LogP) is 3.14. The summed E-state index contributed by atoms with van der Waals surface area (Å²) in [5.41, 5.74) is 3.40. The van der Waals surface area contributed by atoms with E-state index in [2.05, 4.69) is 46.4 Å². The maximum atomic E-state index is 12.7. The lowest BCUT2D eigenvalue weighted by Gasteiger charge is -2.44. The second-order valence-electron chi connectivity index (χ2n) is 7.97. The minimum absolute atomic E-state index is 0.0299. The molecule has 6 nitrogen and oxygen atoms in total. The number of pyridine rings is 1. The molecule has 4 rings (SSSR count). The molecule has 6 heteroatoms. The number of carbonyl (C=O) groups is 1. The van der Waals surface area contributed by atoms with Gasteiger partial charge in [-0.3, -0.25) is 9.88 Å². The molecule has 0 unspecified atom stereocenters. The number of nitrogens with zero attached hydrogens (tertiary/aromatic N) is 3. The van der Waals surface area contributed by atoms with Gasteiger partial charge in [-0.05, 0) is 48.6 Å². The van der Waals surface area contributed by atoms with Crippen molar-refractivity contribution in [2.75, 3.05) is 32.8 Å². The normalized spacial score (nSPS) is 21.1. The fourth-order valence-electron chi connectivity index (χ4n) is 4.31. The number of hydrogen-bond donors (Lipinski definition) is 1. The van der Waals surface area contributed by atoms with Crippen LogP contribution in [0.5, 0.6) is 0 Å². The Kier molecular flexibility index (Phi) is 6.42. The second-order valence-corrected chi connectivity index (χ2v) is 7.97. The summed E-state index contributed by atoms with van der Waals surface area (Å²) >= 11 is 0. The van der Waals surface area contributed by atoms with Gasteiger partial charge in [0.05, 0.1) is 0 Å². The first-order chi connectivity index (χ1) is 14.2. The fraction of sp³-hybridized carbons (Fsp3) is 0.478. The molecule has 1 atom stereocenters. The zero-order chi connectivity index (χ0) is 20.1. The molecule has 0 bridgehead atoms. The smallest absolute Gasteiger partial charge is 0.317 e. The van der Waals surface area contributed by atoms with Crippen LogP contribution in [-0.4, -0.2) is 65.7 Å². The molecule has 154 valence electrons. The molecule has 2 amide bonds. The lowest BCUT2D eigenvalue weighted by Crippen LogP contribution is -2.58. The van der Waals surface area contributed by atoms with Crippen LogP contribution in [0.2, 0.25) is 0 Å². The average Bonchev–Trinajstić information content (AvgIpc) is 2.79. The lowest BCUT2D eigenvalue weighted by atomic mass is 10.0. The van der Waals surface area contributed by atoms with E-state index >= 15 is 0 Å². The number of urea groups is 1. The van der Waals surface area contributed by atoms with Gasteiger partial charge >= 0.3 is 6.03 Å². The zero-order valence-electron chi connectivity index (χ0n) is 17.1. The Morgan fingerprint density at radius 3 is 2.45 bits per heavy atom. The van der Waals surface area contributed by atoms with Gasteiger partial charge in [0.15, 0.2) is 0 Å². The van der Waals surface area contributed by atoms with Crippen molar-refractivity contribution in [3.05, 3.63) is 54.4 Å². The molecule has 29 heavy (non-hydrogen) atoms. The number of amides is 2. The minimum atomic E-state index is 0.0299. The van der Waals surface area contributed by atoms with Crippen molar-refractivity contribution >= 4 is 6.03 Å². The first kappa shape index (κ1) is 19.9. The Hall–Kier alpha value is -2.44. The molecule has 0 aliphatic carbocycles. The zero-order valence-corrected chi connectivity index (χ0v) is 17.1. The number of aromatic nitrogens is 1. The number of ether oxygens (including phenoxy) is 1. The van der Waals surface area contributed by atoms with Crippen molar-refractivity contribution in [1.29, 1.82) is 0 Å². The van der Waals surface area contributed by atoms with Gasteiger partial charge in [0, 0.05) is 63.9 Å². The van der Waals surface area contributed by atoms with Crippen LogP contribution in [0, 0.1) is 0 Å². The van der Waals surface area contributed by atoms with Crippen LogP contribution in [0.25, 0.3) is 11.1 Å². The molecule has 3 heterocycles. The van der Waals surface area contributed by atoms with E-state index in [0.29, 0.717) is 12.6 Å². The van der Waals surface area contributed by atoms with Gasteiger partial charge in [0.1, 0.15) is 0 Å². The summed E-state index contributed by atoms with van der Waals surface area (Å²) in [5.74, 6) is 0. The van der Waals surface area contributed by atoms with Crippen molar-refractivity contribution in [3.63, 3.8) is 0 Å². The molecule has 2 aliphatic heterocycles. The highest BCUT2D eigenvalue weighted by Crippen LogP contribution is 2.20. The summed E-state index contributed by atoms with van der Waals surface area (Å²) < 4.78 is 5.48. The van der Waals surface area contributed by atoms with E-state index in [0.717, 1.165) is 62.4 Å². The van der Waals surface area contributed by atoms with Gasteiger partial charge in [-0.2, -0.15) is 0 Å². The third-order valence-corrected chi connectivity index (χ3v) is 6.04. The quantitative estimate of drug-likeness (QED) is 0.866. The molecule has 0 spiro atoms. The topological polar surface area (TPSA) is 57.7 Å². The molecule has 1 aromatic heterocycles. The summed E-state index contributed by atoms with van der Waals surface area (Å²) in [5, 5.41) is 3.09. The molecule has 0 radical (unpaired) electrons. The second kappa shape index (κ2) is 9.37. The minimum Gasteiger partial charge on any atom is -0.381 e. The van der Waals surface area contributed by atoms with Crippen LogP contribution in [0.3, 0.4) is 0 Å². The van der Waals surface area contributed by atoms with Crippen molar-refractivity contribution in [3.8, 4) is 11.1 Å². The van der Waals surface area contributed by atoms with Crippen LogP contribution >= 0.6 is 0 Å². The largest absolute Gasteiger partial charge is 0.381 e. The van der Waals surface area contributed by atoms with Gasteiger partial charge in [-0.1, -0.05) is 24.3 Å². The third-order valence-electron chi connectivity index (χ3n) is 6.04. The Morgan fingerprint density at radius 1 is 1.07 bits per heavy atom. The summed E-state index contributed by atoms with van der Waals surface area (Å²) in [4.78, 5) is 21.3. The first-order valence-electron chi connectivity index (χ1n) is 10.6. The average molecular weight is 395 g/mol. The highest BCUT2D eigenvalue weighted by Gasteiger charge is 2.31. The van der Waals surface area contributed by atoms with Crippen molar-refractivity contribution in [1.82, 2.24) is 20.1 Å². The van der Waals surface area contributed by atoms with Gasteiger partial charge in [-0.15, -0.1) is 0 Å². The van der Waals surface area contributed by atoms with Crippen LogP contribution < -0.4 is 5.32 Å². The Bertz CT molecular complexity index is 790. The Balaban J connectivity index is 1.27. The number of hydrogen-bond acceptors (Lipinski definition) is 4. The number of rotatable bonds is 4. The highest BCUT2D eigenvalue weighted by atomic mass is 16.5. The van der Waals surface area contributed by atoms with Crippen LogP contribution in [-0.2, 0) is 11.3 Å². The Labute approximate surface area is 172 Å². The van der Waals surface area contributed by atoms with E-state index in [-0.39, 0.29) is 12.1 Å². The van der Waals surface area contributed by atoms with Gasteiger partial charge in [-0.25, -0.2) is 4.79 Å². The summed E-state index contributed by atoms with van der Waals surface area (Å²) in [6.07, 6.45) is 5.81. The van der Waals surface area contributed by atoms with E-state index in [9.17, 15) is 4.79 Å². The molecule has 2 aliphatic rings. The highest BCUT2D eigenvalue weighted by molar-refractivity contribution is 5.74. The van der Waals surface area contributed by atoms with Crippen molar-refractivity contribution in [2.45, 2.75) is 38.4 Å². The molecule has 1 N–H and O–H groups in total. The van der Waals surface area contributed by atoms with Gasteiger partial charge < -0.3 is 15.0 Å². The molecule has 0 saturated carbocycles. The van der Waals surface area contributed by atoms with Crippen molar-refractivity contribution < 1.29 is 9.53 Å². The van der Waals surface area contributed by atoms with E-state index in [1.54, 1.807) is 12.4 Å². The monoisotopic (exact) mass is 394 g/mol. The maximum absolute atomic E-state index is 12.7. The summed E-state index contributed by atoms with van der Waals surface area (Å²) in [7, 11) is 0. The standard InChI is InChI=1S/C23H30N4O2/c1-18-17-26(22-8-14-29-15-9-22)12-13-27(18)23(28)25-16-19-2-4-20(5-3-19)21-6-10-24-11-7-21/h2-7,10-11,18,22H,8-9,12-17H2,1H3,(H,25,28)/t18-/m0/s1. The molecule has 2 aromatic rings. The maximum Gasteiger partial charge on any atom is 0.317 e. The van der Waals surface area contributed by atoms with E-state index in [1.165, 1.54) is 0 Å². The van der Waals surface area contributed by atoms with Gasteiger partial charge in [0.2, 0.25) is 0 Å². The molecule has 2 saturated heterocycles. The summed E-state index contributed by atoms with van der Waals surface area (Å²) in [6.45, 7) is 7.09. The number of piperazine rings is 1. The molecular weight excluding hydrogens is 364 g/mol. The SMILES string of the molecule is C[C@H]1CN(C2CCOCC2)CCN1C(=O)NCc1ccc(-c2ccncc2)cc1. The first-order valence-corrected chi connectivity index (χ1v) is 10.6. The number of carbonyl (C=O) groups excluding carboxylic acids is 1. The molecule has 2 fully saturated rings. The van der Waals surface area contributed by atoms with E-state index in [1.807, 2.05) is 17.0 Å². The van der Waals surface area contributed by atoms with Crippen LogP contribution in [0.15, 0.2) is 48.8 Å². The third kappa shape index (κ3) is 4.95. The fourth-order valence-corrected chi connectivity index (χ4v) is 4.31. The summed E-state index contributed by atoms with van der Waals surface area (Å²) in [6, 6.07) is 13.2. The van der Waals surface area contributed by atoms with E-state index in [4.69, 9.17) is 4.74 Å². The Morgan fingerprint density at radius 2 is 1.76 bits per heavy atom. The predicted molar refractivity (Wildman–Crippen MR) is 113 cm³/mol. The van der Waals surface area contributed by atoms with Crippen molar-refractivity contribution in [2.24, 2.45) is 0 Å². The van der Waals surface area contributed by atoms with Gasteiger partial charge in [0.25, 0.3) is 0 Å².